The van der Waals surface area contributed by atoms with E-state index in [9.17, 15) is 14.4 Å². The van der Waals surface area contributed by atoms with Crippen molar-refractivity contribution in [3.63, 3.8) is 0 Å². The Labute approximate surface area is 179 Å². The molecule has 1 unspecified atom stereocenters. The van der Waals surface area contributed by atoms with Crippen molar-refractivity contribution in [3.05, 3.63) is 40.8 Å². The van der Waals surface area contributed by atoms with Gasteiger partial charge in [0.15, 0.2) is 0 Å². The van der Waals surface area contributed by atoms with E-state index in [0.717, 1.165) is 0 Å². The molecule has 158 valence electrons. The number of benzene rings is 1. The number of likely N-dealkylation sites (tertiary alicyclic amines) is 1. The molecule has 1 aliphatic heterocycles. The minimum Gasteiger partial charge on any atom is -0.475 e. The monoisotopic (exact) mass is 432 g/mol. The predicted molar refractivity (Wildman–Crippen MR) is 111 cm³/mol. The van der Waals surface area contributed by atoms with E-state index in [1.807, 2.05) is 0 Å². The lowest BCUT2D eigenvalue weighted by atomic mass is 9.92. The fourth-order valence-corrected chi connectivity index (χ4v) is 3.55. The Balaban J connectivity index is 1.87. The maximum absolute atomic E-state index is 14.6. The molecule has 1 aliphatic rings. The molecule has 0 bridgehead atoms. The summed E-state index contributed by atoms with van der Waals surface area (Å²) >= 11 is 6.08. The average molecular weight is 433 g/mol. The van der Waals surface area contributed by atoms with E-state index in [-0.39, 0.29) is 29.9 Å². The third-order valence-electron chi connectivity index (χ3n) is 5.01. The molecule has 1 aromatic carbocycles. The molecule has 2 amide bonds. The van der Waals surface area contributed by atoms with Gasteiger partial charge in [0.25, 0.3) is 0 Å². The number of aromatic nitrogens is 1. The van der Waals surface area contributed by atoms with E-state index in [0.29, 0.717) is 36.2 Å². The summed E-state index contributed by atoms with van der Waals surface area (Å²) in [5.41, 5.74) is 1.35. The predicted octanol–water partition coefficient (Wildman–Crippen LogP) is 3.99. The highest BCUT2D eigenvalue weighted by Gasteiger charge is 2.36. The number of carbonyl (C=O) groups excluding carboxylic acids is 1. The number of halogens is 2. The third-order valence-corrected chi connectivity index (χ3v) is 5.20. The first-order valence-electron chi connectivity index (χ1n) is 9.43. The van der Waals surface area contributed by atoms with Gasteiger partial charge < -0.3 is 20.1 Å². The Morgan fingerprint density at radius 2 is 2.23 bits per heavy atom. The molecule has 1 saturated heterocycles. The summed E-state index contributed by atoms with van der Waals surface area (Å²) in [6, 6.07) is 7.87. The molecule has 0 aliphatic carbocycles. The van der Waals surface area contributed by atoms with E-state index in [1.165, 1.54) is 17.0 Å². The van der Waals surface area contributed by atoms with Crippen LogP contribution in [0, 0.1) is 29.5 Å². The van der Waals surface area contributed by atoms with E-state index >= 15 is 0 Å². The van der Waals surface area contributed by atoms with Crippen LogP contribution >= 0.6 is 11.6 Å². The van der Waals surface area contributed by atoms with Crippen LogP contribution in [0.4, 0.5) is 14.9 Å². The summed E-state index contributed by atoms with van der Waals surface area (Å²) in [5, 5.41) is 21.0. The Morgan fingerprint density at radius 3 is 2.90 bits per heavy atom. The number of ether oxygens (including phenoxy) is 1. The molecule has 9 heteroatoms. The third kappa shape index (κ3) is 4.81. The maximum atomic E-state index is 14.6. The van der Waals surface area contributed by atoms with Gasteiger partial charge in [-0.3, -0.25) is 0 Å². The van der Waals surface area contributed by atoms with E-state index < -0.39 is 17.3 Å². The Bertz CT molecular complexity index is 1010. The van der Waals surface area contributed by atoms with Crippen LogP contribution in [-0.4, -0.2) is 47.3 Å². The smallest absolute Gasteiger partial charge is 0.321 e. The topological polar surface area (TPSA) is 98.5 Å². The second-order valence-electron chi connectivity index (χ2n) is 7.51. The second kappa shape index (κ2) is 8.86. The quantitative estimate of drug-likeness (QED) is 0.696. The molecular formula is C21H22ClFN4O3. The maximum Gasteiger partial charge on any atom is 0.321 e. The molecule has 7 nitrogen and oxygen atoms in total. The lowest BCUT2D eigenvalue weighted by Gasteiger charge is -2.20. The molecule has 30 heavy (non-hydrogen) atoms. The van der Waals surface area contributed by atoms with Gasteiger partial charge in [-0.25, -0.2) is 14.2 Å². The van der Waals surface area contributed by atoms with E-state index in [1.54, 1.807) is 26.0 Å². The van der Waals surface area contributed by atoms with Crippen molar-refractivity contribution in [1.82, 2.24) is 9.88 Å². The number of anilines is 1. The number of aryl methyl sites for hydroxylation is 1. The van der Waals surface area contributed by atoms with Gasteiger partial charge in [-0.2, -0.15) is 5.26 Å². The first kappa shape index (κ1) is 21.8. The van der Waals surface area contributed by atoms with Crippen molar-refractivity contribution in [2.75, 3.05) is 31.6 Å². The van der Waals surface area contributed by atoms with Crippen LogP contribution in [0.5, 0.6) is 5.88 Å². The number of hydrogen-bond donors (Lipinski definition) is 2. The lowest BCUT2D eigenvalue weighted by molar-refractivity contribution is 0.197. The number of pyridine rings is 1. The second-order valence-corrected chi connectivity index (χ2v) is 7.90. The van der Waals surface area contributed by atoms with Crippen LogP contribution in [-0.2, 0) is 0 Å². The van der Waals surface area contributed by atoms with E-state index in [2.05, 4.69) is 16.4 Å². The first-order chi connectivity index (χ1) is 14.2. The number of nitrogens with zero attached hydrogens (tertiary/aromatic N) is 3. The Hall–Kier alpha value is -2.89. The van der Waals surface area contributed by atoms with Crippen molar-refractivity contribution in [2.45, 2.75) is 20.3 Å². The molecular weight excluding hydrogens is 411 g/mol. The summed E-state index contributed by atoms with van der Waals surface area (Å²) in [4.78, 5) is 18.1. The number of hydrogen-bond acceptors (Lipinski definition) is 5. The van der Waals surface area contributed by atoms with Crippen molar-refractivity contribution in [1.29, 1.82) is 5.26 Å². The minimum atomic E-state index is -0.590. The number of carbonyl (C=O) groups is 1. The molecule has 0 radical (unpaired) electrons. The zero-order valence-corrected chi connectivity index (χ0v) is 17.5. The van der Waals surface area contributed by atoms with Gasteiger partial charge in [-0.05, 0) is 55.2 Å². The zero-order chi connectivity index (χ0) is 21.9. The van der Waals surface area contributed by atoms with Gasteiger partial charge in [-0.15, -0.1) is 0 Å². The van der Waals surface area contributed by atoms with Crippen molar-refractivity contribution >= 4 is 23.3 Å². The molecule has 0 saturated carbocycles. The van der Waals surface area contributed by atoms with Gasteiger partial charge in [0.05, 0.1) is 23.8 Å². The number of nitriles is 1. The van der Waals surface area contributed by atoms with Crippen LogP contribution in [0.3, 0.4) is 0 Å². The van der Waals surface area contributed by atoms with Crippen molar-refractivity contribution in [2.24, 2.45) is 5.41 Å². The zero-order valence-electron chi connectivity index (χ0n) is 16.7. The SMILES string of the molecule is Cc1cc(F)c(NC(=O)N2CCC(C)(C#N)C2)cc1-c1cc(Cl)nc(OCCO)c1. The summed E-state index contributed by atoms with van der Waals surface area (Å²) in [6.07, 6.45) is 0.574. The van der Waals surface area contributed by atoms with Gasteiger partial charge >= 0.3 is 6.03 Å². The van der Waals surface area contributed by atoms with Crippen LogP contribution in [0.15, 0.2) is 24.3 Å². The number of nitrogens with one attached hydrogen (secondary N) is 1. The van der Waals surface area contributed by atoms with Crippen LogP contribution in [0.1, 0.15) is 18.9 Å². The molecule has 2 heterocycles. The van der Waals surface area contributed by atoms with Crippen LogP contribution in [0.2, 0.25) is 5.15 Å². The highest BCUT2D eigenvalue weighted by atomic mass is 35.5. The number of rotatable bonds is 5. The van der Waals surface area contributed by atoms with Gasteiger partial charge in [-0.1, -0.05) is 11.6 Å². The highest BCUT2D eigenvalue weighted by Crippen LogP contribution is 2.33. The van der Waals surface area contributed by atoms with Gasteiger partial charge in [0.1, 0.15) is 17.6 Å². The van der Waals surface area contributed by atoms with Crippen molar-refractivity contribution < 1.29 is 19.0 Å². The standard InChI is InChI=1S/C21H22ClFN4O3/c1-13-7-16(23)17(25-20(29)27-4-3-21(2,11-24)12-27)10-15(13)14-8-18(22)26-19(9-14)30-6-5-28/h7-10,28H,3-6,12H2,1-2H3,(H,25,29). The van der Waals surface area contributed by atoms with Crippen LogP contribution < -0.4 is 10.1 Å². The molecule has 0 spiro atoms. The minimum absolute atomic E-state index is 0.0249. The summed E-state index contributed by atoms with van der Waals surface area (Å²) in [7, 11) is 0. The lowest BCUT2D eigenvalue weighted by Crippen LogP contribution is -2.34. The Kier molecular flexibility index (Phi) is 6.44. The van der Waals surface area contributed by atoms with Gasteiger partial charge in [0, 0.05) is 19.2 Å². The van der Waals surface area contributed by atoms with E-state index in [4.69, 9.17) is 21.4 Å². The summed E-state index contributed by atoms with van der Waals surface area (Å²) < 4.78 is 19.9. The van der Waals surface area contributed by atoms with Crippen molar-refractivity contribution in [3.8, 4) is 23.1 Å². The average Bonchev–Trinajstić information content (AvgIpc) is 3.11. The first-order valence-corrected chi connectivity index (χ1v) is 9.81. The number of aliphatic hydroxyl groups is 1. The number of amides is 2. The van der Waals surface area contributed by atoms with Gasteiger partial charge in [0.2, 0.25) is 5.88 Å². The van der Waals surface area contributed by atoms with Crippen LogP contribution in [0.25, 0.3) is 11.1 Å². The molecule has 3 rings (SSSR count). The normalized spacial score (nSPS) is 18.2. The Morgan fingerprint density at radius 1 is 1.47 bits per heavy atom. The largest absolute Gasteiger partial charge is 0.475 e. The molecule has 2 aromatic rings. The molecule has 2 N–H and O–H groups in total. The molecule has 1 fully saturated rings. The fourth-order valence-electron chi connectivity index (χ4n) is 3.35. The number of urea groups is 1. The summed E-state index contributed by atoms with van der Waals surface area (Å²) in [5.74, 6) is -0.336. The highest BCUT2D eigenvalue weighted by molar-refractivity contribution is 6.29. The molecule has 1 aromatic heterocycles. The fraction of sp³-hybridized carbons (Fsp3) is 0.381. The number of aliphatic hydroxyl groups excluding tert-OH is 1. The molecule has 1 atom stereocenters. The summed E-state index contributed by atoms with van der Waals surface area (Å²) in [6.45, 7) is 4.16.